The fourth-order valence-electron chi connectivity index (χ4n) is 0.262. The Morgan fingerprint density at radius 2 is 2.29 bits per heavy atom. The Morgan fingerprint density at radius 1 is 1.57 bits per heavy atom. The van der Waals surface area contributed by atoms with E-state index in [2.05, 4.69) is 13.2 Å². The van der Waals surface area contributed by atoms with Gasteiger partial charge >= 0.3 is 0 Å². The van der Waals surface area contributed by atoms with E-state index in [1.807, 2.05) is 10.8 Å². The van der Waals surface area contributed by atoms with Crippen molar-refractivity contribution in [2.45, 2.75) is 19.8 Å². The Kier molecular flexibility index (Phi) is 7.37. The van der Waals surface area contributed by atoms with Gasteiger partial charge in [-0.3, -0.25) is 0 Å². The van der Waals surface area contributed by atoms with Gasteiger partial charge in [0, 0.05) is 12.0 Å². The van der Waals surface area contributed by atoms with Crippen molar-refractivity contribution in [1.82, 2.24) is 0 Å². The van der Waals surface area contributed by atoms with Crippen molar-refractivity contribution in [3.8, 4) is 0 Å². The van der Waals surface area contributed by atoms with Crippen molar-refractivity contribution in [3.05, 3.63) is 6.26 Å². The lowest BCUT2D eigenvalue weighted by Gasteiger charge is -1.90. The van der Waals surface area contributed by atoms with Crippen LogP contribution in [0.4, 0.5) is 0 Å². The van der Waals surface area contributed by atoms with Crippen LogP contribution in [0.3, 0.4) is 0 Å². The molecule has 0 aliphatic carbocycles. The monoisotopic (exact) mass is 135 g/mol. The molecule has 0 atom stereocenters. The van der Waals surface area contributed by atoms with Crippen LogP contribution in [0.15, 0.2) is 0 Å². The van der Waals surface area contributed by atoms with E-state index in [9.17, 15) is 0 Å². The summed E-state index contributed by atoms with van der Waals surface area (Å²) in [6.45, 7) is 2.20. The minimum atomic E-state index is 1.25. The first kappa shape index (κ1) is 7.70. The van der Waals surface area contributed by atoms with Crippen LogP contribution in [0.5, 0.6) is 0 Å². The van der Waals surface area contributed by atoms with E-state index in [1.165, 1.54) is 18.6 Å². The van der Waals surface area contributed by atoms with E-state index in [0.717, 1.165) is 0 Å². The highest BCUT2D eigenvalue weighted by Gasteiger charge is 1.80. The smallest absolute Gasteiger partial charge is 0.0136 e. The molecule has 0 saturated heterocycles. The first-order valence-electron chi connectivity index (χ1n) is 2.45. The molecule has 2 heteroatoms. The lowest BCUT2D eigenvalue weighted by molar-refractivity contribution is 0.898. The molecule has 0 fully saturated rings. The molecule has 0 aliphatic heterocycles. The summed E-state index contributed by atoms with van der Waals surface area (Å²) in [6.07, 6.45) is 6.26. The third-order valence-electron chi connectivity index (χ3n) is 0.665. The predicted molar refractivity (Wildman–Crippen MR) is 40.3 cm³/mol. The van der Waals surface area contributed by atoms with Gasteiger partial charge in [-0.1, -0.05) is 34.9 Å². The summed E-state index contributed by atoms with van der Waals surface area (Å²) >= 11 is 0. The predicted octanol–water partition coefficient (Wildman–Crippen LogP) is 2.96. The van der Waals surface area contributed by atoms with Gasteiger partial charge < -0.3 is 0 Å². The normalized spacial score (nSPS) is 9.43. The summed E-state index contributed by atoms with van der Waals surface area (Å²) < 4.78 is 0. The first-order valence-corrected chi connectivity index (χ1v) is 4.94. The molecule has 0 unspecified atom stereocenters. The lowest BCUT2D eigenvalue weighted by atomic mass is 10.4. The highest BCUT2D eigenvalue weighted by Crippen LogP contribution is 2.19. The van der Waals surface area contributed by atoms with E-state index in [0.29, 0.717) is 0 Å². The van der Waals surface area contributed by atoms with Crippen LogP contribution < -0.4 is 0 Å². The second kappa shape index (κ2) is 6.70. The van der Waals surface area contributed by atoms with Gasteiger partial charge in [0.25, 0.3) is 0 Å². The molecule has 1 radical (unpaired) electrons. The van der Waals surface area contributed by atoms with Gasteiger partial charge in [-0.05, 0) is 6.42 Å². The Hall–Kier alpha value is 0.700. The van der Waals surface area contributed by atoms with E-state index < -0.39 is 0 Å². The average Bonchev–Trinajstić information content (AvgIpc) is 1.69. The number of unbranched alkanes of at least 4 members (excludes halogenated alkanes) is 1. The maximum Gasteiger partial charge on any atom is 0.0136 e. The van der Waals surface area contributed by atoms with E-state index in [-0.39, 0.29) is 0 Å². The molecule has 0 aromatic heterocycles. The molecule has 0 rings (SSSR count). The van der Waals surface area contributed by atoms with Gasteiger partial charge in [0.2, 0.25) is 0 Å². The van der Waals surface area contributed by atoms with Crippen molar-refractivity contribution in [2.75, 3.05) is 5.75 Å². The van der Waals surface area contributed by atoms with Crippen LogP contribution in [-0.2, 0) is 0 Å². The van der Waals surface area contributed by atoms with Crippen LogP contribution in [0, 0.1) is 6.26 Å². The van der Waals surface area contributed by atoms with Crippen molar-refractivity contribution in [2.24, 2.45) is 0 Å². The van der Waals surface area contributed by atoms with Crippen LogP contribution in [0.2, 0.25) is 0 Å². The Balaban J connectivity index is 2.45. The summed E-state index contributed by atoms with van der Waals surface area (Å²) in [5.41, 5.74) is 0. The quantitative estimate of drug-likeness (QED) is 0.429. The second-order valence-corrected chi connectivity index (χ2v) is 3.59. The third kappa shape index (κ3) is 6.70. The molecule has 0 amide bonds. The molecule has 0 saturated carbocycles. The molecule has 0 aromatic rings. The largest absolute Gasteiger partial charge is 0.0941 e. The minimum Gasteiger partial charge on any atom is -0.0941 e. The van der Waals surface area contributed by atoms with Crippen LogP contribution in [-0.4, -0.2) is 5.75 Å². The van der Waals surface area contributed by atoms with Gasteiger partial charge in [0.15, 0.2) is 0 Å². The van der Waals surface area contributed by atoms with E-state index >= 15 is 0 Å². The maximum atomic E-state index is 3.64. The fourth-order valence-corrected chi connectivity index (χ4v) is 1.49. The van der Waals surface area contributed by atoms with Crippen LogP contribution in [0.25, 0.3) is 0 Å². The zero-order valence-corrected chi connectivity index (χ0v) is 6.28. The summed E-state index contributed by atoms with van der Waals surface area (Å²) in [5.74, 6) is 1.25. The Bertz CT molecular complexity index is 25.3. The van der Waals surface area contributed by atoms with Gasteiger partial charge in [-0.2, -0.15) is 0 Å². The SMILES string of the molecule is [CH2]SSCCCC. The van der Waals surface area contributed by atoms with Gasteiger partial charge in [0.05, 0.1) is 0 Å². The number of hydrogen-bond donors (Lipinski definition) is 0. The van der Waals surface area contributed by atoms with Crippen molar-refractivity contribution in [1.29, 1.82) is 0 Å². The molecular formula is C5H11S2. The summed E-state index contributed by atoms with van der Waals surface area (Å²) in [5, 5.41) is 0. The highest BCUT2D eigenvalue weighted by molar-refractivity contribution is 8.77. The molecular weight excluding hydrogens is 124 g/mol. The standard InChI is InChI=1S/C5H11S2/c1-3-4-5-7-6-2/h2-5H2,1H3. The summed E-state index contributed by atoms with van der Waals surface area (Å²) in [6, 6.07) is 0. The maximum absolute atomic E-state index is 3.64. The Labute approximate surface area is 53.8 Å². The molecule has 0 N–H and O–H groups in total. The molecule has 0 bridgehead atoms. The molecule has 0 spiro atoms. The topological polar surface area (TPSA) is 0 Å². The number of hydrogen-bond acceptors (Lipinski definition) is 2. The number of rotatable bonds is 4. The zero-order chi connectivity index (χ0) is 5.54. The summed E-state index contributed by atoms with van der Waals surface area (Å²) in [7, 11) is 3.45. The molecule has 7 heavy (non-hydrogen) atoms. The average molecular weight is 135 g/mol. The van der Waals surface area contributed by atoms with Crippen LogP contribution >= 0.6 is 21.6 Å². The molecule has 0 heterocycles. The fraction of sp³-hybridized carbons (Fsp3) is 0.800. The minimum absolute atomic E-state index is 1.25. The Morgan fingerprint density at radius 3 is 2.71 bits per heavy atom. The molecule has 43 valence electrons. The zero-order valence-electron chi connectivity index (χ0n) is 4.64. The van der Waals surface area contributed by atoms with Crippen molar-refractivity contribution < 1.29 is 0 Å². The molecule has 0 aliphatic rings. The highest BCUT2D eigenvalue weighted by atomic mass is 33.1. The third-order valence-corrected chi connectivity index (χ3v) is 2.29. The van der Waals surface area contributed by atoms with Crippen LogP contribution in [0.1, 0.15) is 19.8 Å². The van der Waals surface area contributed by atoms with Crippen molar-refractivity contribution >= 4 is 21.6 Å². The van der Waals surface area contributed by atoms with E-state index in [4.69, 9.17) is 0 Å². The van der Waals surface area contributed by atoms with Gasteiger partial charge in [0.1, 0.15) is 0 Å². The van der Waals surface area contributed by atoms with Gasteiger partial charge in [-0.25, -0.2) is 0 Å². The van der Waals surface area contributed by atoms with E-state index in [1.54, 1.807) is 10.8 Å². The lowest BCUT2D eigenvalue weighted by Crippen LogP contribution is -1.70. The van der Waals surface area contributed by atoms with Gasteiger partial charge in [-0.15, -0.1) is 0 Å². The summed E-state index contributed by atoms with van der Waals surface area (Å²) in [4.78, 5) is 0. The second-order valence-electron chi connectivity index (χ2n) is 1.29. The molecule has 0 nitrogen and oxygen atoms in total. The molecule has 0 aromatic carbocycles. The first-order chi connectivity index (χ1) is 3.41. The van der Waals surface area contributed by atoms with Crippen molar-refractivity contribution in [3.63, 3.8) is 0 Å².